The number of guanidine groups is 1. The first kappa shape index (κ1) is 19.0. The van der Waals surface area contributed by atoms with Gasteiger partial charge in [-0.15, -0.1) is 0 Å². The molecule has 5 nitrogen and oxygen atoms in total. The summed E-state index contributed by atoms with van der Waals surface area (Å²) in [6, 6.07) is 20.5. The van der Waals surface area contributed by atoms with Gasteiger partial charge in [0.2, 0.25) is 0 Å². The first-order valence-corrected chi connectivity index (χ1v) is 9.54. The maximum Gasteiger partial charge on any atom is 0.191 e. The highest BCUT2D eigenvalue weighted by Gasteiger charge is 2.10. The Morgan fingerprint density at radius 1 is 1.07 bits per heavy atom. The van der Waals surface area contributed by atoms with Crippen molar-refractivity contribution >= 4 is 16.9 Å². The van der Waals surface area contributed by atoms with Crippen LogP contribution in [0.1, 0.15) is 24.1 Å². The number of aromatic nitrogens is 1. The number of nitrogens with zero attached hydrogens (tertiary/aromatic N) is 1. The molecule has 2 aromatic carbocycles. The lowest BCUT2D eigenvalue weighted by molar-refractivity contribution is 0.268. The number of H-pyrrole nitrogens is 1. The number of nitrogens with one attached hydrogen (secondary N) is 3. The van der Waals surface area contributed by atoms with E-state index >= 15 is 0 Å². The predicted octanol–water partition coefficient (Wildman–Crippen LogP) is 3.04. The van der Waals surface area contributed by atoms with Gasteiger partial charge >= 0.3 is 0 Å². The molecule has 0 aliphatic heterocycles. The van der Waals surface area contributed by atoms with Gasteiger partial charge in [-0.1, -0.05) is 48.5 Å². The third-order valence-electron chi connectivity index (χ3n) is 4.58. The molecule has 142 valence electrons. The highest BCUT2D eigenvalue weighted by molar-refractivity contribution is 5.81. The van der Waals surface area contributed by atoms with Crippen LogP contribution >= 0.6 is 0 Å². The second-order valence-corrected chi connectivity index (χ2v) is 6.57. The van der Waals surface area contributed by atoms with Crippen molar-refractivity contribution in [3.05, 3.63) is 71.9 Å². The quantitative estimate of drug-likeness (QED) is 0.367. The van der Waals surface area contributed by atoms with E-state index < -0.39 is 0 Å². The maximum absolute atomic E-state index is 9.70. The fraction of sp³-hybridized carbons (Fsp3) is 0.318. The molecule has 0 aliphatic carbocycles. The van der Waals surface area contributed by atoms with E-state index in [-0.39, 0.29) is 12.5 Å². The molecule has 0 saturated heterocycles. The van der Waals surface area contributed by atoms with E-state index in [4.69, 9.17) is 0 Å². The smallest absolute Gasteiger partial charge is 0.191 e. The molecule has 27 heavy (non-hydrogen) atoms. The van der Waals surface area contributed by atoms with Crippen molar-refractivity contribution in [2.24, 2.45) is 4.99 Å². The number of fused-ring (bicyclic) bond motifs is 1. The molecule has 0 radical (unpaired) electrons. The molecule has 0 aliphatic rings. The third-order valence-corrected chi connectivity index (χ3v) is 4.58. The molecule has 0 amide bonds. The summed E-state index contributed by atoms with van der Waals surface area (Å²) in [5.41, 5.74) is 3.48. The normalized spacial score (nSPS) is 12.9. The Morgan fingerprint density at radius 2 is 1.85 bits per heavy atom. The lowest BCUT2D eigenvalue weighted by Crippen LogP contribution is -2.38. The number of hydrogen-bond donors (Lipinski definition) is 4. The van der Waals surface area contributed by atoms with Gasteiger partial charge in [0.05, 0.1) is 13.2 Å². The third kappa shape index (κ3) is 5.34. The number of aliphatic imine (C=N–C) groups is 1. The SMILES string of the molecule is CCNC(=NCC(CO)c1ccccc1)NCCc1cc2ccccc2[nH]1. The molecule has 1 heterocycles. The Labute approximate surface area is 160 Å². The number of hydrogen-bond acceptors (Lipinski definition) is 2. The van der Waals surface area contributed by atoms with E-state index in [1.54, 1.807) is 0 Å². The van der Waals surface area contributed by atoms with Crippen molar-refractivity contribution in [2.45, 2.75) is 19.3 Å². The van der Waals surface area contributed by atoms with E-state index in [1.165, 1.54) is 16.6 Å². The van der Waals surface area contributed by atoms with Crippen molar-refractivity contribution in [3.63, 3.8) is 0 Å². The molecule has 5 heteroatoms. The lowest BCUT2D eigenvalue weighted by Gasteiger charge is -2.15. The number of aliphatic hydroxyl groups excluding tert-OH is 1. The summed E-state index contributed by atoms with van der Waals surface area (Å²) >= 11 is 0. The van der Waals surface area contributed by atoms with Gasteiger partial charge in [-0.05, 0) is 30.0 Å². The van der Waals surface area contributed by atoms with Crippen LogP contribution in [-0.4, -0.2) is 42.3 Å². The van der Waals surface area contributed by atoms with Gasteiger partial charge in [0.1, 0.15) is 0 Å². The zero-order valence-electron chi connectivity index (χ0n) is 15.8. The predicted molar refractivity (Wildman–Crippen MR) is 112 cm³/mol. The van der Waals surface area contributed by atoms with Crippen molar-refractivity contribution in [1.82, 2.24) is 15.6 Å². The van der Waals surface area contributed by atoms with Gasteiger partial charge in [0.25, 0.3) is 0 Å². The van der Waals surface area contributed by atoms with Crippen molar-refractivity contribution < 1.29 is 5.11 Å². The number of para-hydroxylation sites is 1. The van der Waals surface area contributed by atoms with E-state index in [0.29, 0.717) is 6.54 Å². The summed E-state index contributed by atoms with van der Waals surface area (Å²) in [5, 5.41) is 17.6. The van der Waals surface area contributed by atoms with Gasteiger partial charge < -0.3 is 20.7 Å². The van der Waals surface area contributed by atoms with Crippen LogP contribution < -0.4 is 10.6 Å². The minimum absolute atomic E-state index is 0.00959. The average molecular weight is 364 g/mol. The van der Waals surface area contributed by atoms with Crippen molar-refractivity contribution in [2.75, 3.05) is 26.2 Å². The number of rotatable bonds is 8. The molecule has 0 spiro atoms. The van der Waals surface area contributed by atoms with Crippen LogP contribution in [-0.2, 0) is 6.42 Å². The van der Waals surface area contributed by atoms with Crippen LogP contribution in [0, 0.1) is 0 Å². The summed E-state index contributed by atoms with van der Waals surface area (Å²) in [7, 11) is 0. The molecule has 0 fully saturated rings. The van der Waals surface area contributed by atoms with Gasteiger partial charge in [-0.25, -0.2) is 0 Å². The summed E-state index contributed by atoms with van der Waals surface area (Å²) in [5.74, 6) is 0.790. The van der Waals surface area contributed by atoms with Crippen molar-refractivity contribution in [3.8, 4) is 0 Å². The summed E-state index contributed by atoms with van der Waals surface area (Å²) in [6.45, 7) is 4.26. The van der Waals surface area contributed by atoms with Crippen LogP contribution in [0.2, 0.25) is 0 Å². The first-order chi connectivity index (χ1) is 13.3. The second kappa shape index (κ2) is 9.78. The van der Waals surface area contributed by atoms with E-state index in [1.807, 2.05) is 36.4 Å². The topological polar surface area (TPSA) is 72.4 Å². The fourth-order valence-corrected chi connectivity index (χ4v) is 3.12. The van der Waals surface area contributed by atoms with E-state index in [9.17, 15) is 5.11 Å². The van der Waals surface area contributed by atoms with Crippen LogP contribution in [0.3, 0.4) is 0 Å². The van der Waals surface area contributed by atoms with Crippen molar-refractivity contribution in [1.29, 1.82) is 0 Å². The van der Waals surface area contributed by atoms with Gasteiger partial charge in [0.15, 0.2) is 5.96 Å². The Morgan fingerprint density at radius 3 is 2.59 bits per heavy atom. The highest BCUT2D eigenvalue weighted by atomic mass is 16.3. The zero-order chi connectivity index (χ0) is 18.9. The first-order valence-electron chi connectivity index (χ1n) is 9.54. The molecule has 1 aromatic heterocycles. The molecule has 1 unspecified atom stereocenters. The molecule has 0 bridgehead atoms. The summed E-state index contributed by atoms with van der Waals surface area (Å²) < 4.78 is 0. The van der Waals surface area contributed by atoms with E-state index in [0.717, 1.165) is 31.0 Å². The number of aromatic amines is 1. The van der Waals surface area contributed by atoms with Crippen LogP contribution in [0.4, 0.5) is 0 Å². The fourth-order valence-electron chi connectivity index (χ4n) is 3.12. The highest BCUT2D eigenvalue weighted by Crippen LogP contribution is 2.15. The van der Waals surface area contributed by atoms with Gasteiger partial charge in [-0.3, -0.25) is 4.99 Å². The molecule has 0 saturated carbocycles. The van der Waals surface area contributed by atoms with Crippen LogP contribution in [0.5, 0.6) is 0 Å². The molecular formula is C22H28N4O. The van der Waals surface area contributed by atoms with E-state index in [2.05, 4.69) is 51.8 Å². The zero-order valence-corrected chi connectivity index (χ0v) is 15.8. The van der Waals surface area contributed by atoms with Crippen LogP contribution in [0.25, 0.3) is 10.9 Å². The molecule has 1 atom stereocenters. The Kier molecular flexibility index (Phi) is 6.88. The van der Waals surface area contributed by atoms with Gasteiger partial charge in [-0.2, -0.15) is 0 Å². The molecule has 3 aromatic rings. The standard InChI is InChI=1S/C22H28N4O/c1-2-23-22(25-15-19(16-27)17-8-4-3-5-9-17)24-13-12-20-14-18-10-6-7-11-21(18)26-20/h3-11,14,19,26-27H,2,12-13,15-16H2,1H3,(H2,23,24,25). The Hall–Kier alpha value is -2.79. The number of benzene rings is 2. The lowest BCUT2D eigenvalue weighted by atomic mass is 10.0. The Balaban J connectivity index is 1.56. The Bertz CT molecular complexity index is 824. The minimum Gasteiger partial charge on any atom is -0.396 e. The summed E-state index contributed by atoms with van der Waals surface area (Å²) in [6.07, 6.45) is 0.890. The maximum atomic E-state index is 9.70. The monoisotopic (exact) mass is 364 g/mol. The van der Waals surface area contributed by atoms with Crippen LogP contribution in [0.15, 0.2) is 65.7 Å². The second-order valence-electron chi connectivity index (χ2n) is 6.57. The average Bonchev–Trinajstić information content (AvgIpc) is 3.12. The molecular weight excluding hydrogens is 336 g/mol. The summed E-state index contributed by atoms with van der Waals surface area (Å²) in [4.78, 5) is 8.11. The minimum atomic E-state index is 0.00959. The molecule has 3 rings (SSSR count). The largest absolute Gasteiger partial charge is 0.396 e. The molecule has 4 N–H and O–H groups in total. The van der Waals surface area contributed by atoms with Gasteiger partial charge in [0, 0.05) is 36.6 Å². The number of aliphatic hydroxyl groups is 1.